The van der Waals surface area contributed by atoms with E-state index in [0.29, 0.717) is 0 Å². The van der Waals surface area contributed by atoms with E-state index in [4.69, 9.17) is 4.89 Å². The van der Waals surface area contributed by atoms with Crippen molar-refractivity contribution >= 4 is 35.9 Å². The summed E-state index contributed by atoms with van der Waals surface area (Å²) in [5, 5.41) is 0. The smallest absolute Gasteiger partial charge is 0.229 e. The van der Waals surface area contributed by atoms with Crippen molar-refractivity contribution in [2.75, 3.05) is 6.66 Å². The van der Waals surface area contributed by atoms with E-state index in [1.807, 2.05) is 0 Å². The van der Waals surface area contributed by atoms with Crippen molar-refractivity contribution in [3.05, 3.63) is 0 Å². The highest BCUT2D eigenvalue weighted by molar-refractivity contribution is 9.72. The first-order valence-electron chi connectivity index (χ1n) is 0.985. The molecule has 0 heterocycles. The Labute approximate surface area is 47.7 Å². The van der Waals surface area contributed by atoms with Gasteiger partial charge in [-0.05, 0) is 0 Å². The van der Waals surface area contributed by atoms with E-state index in [1.165, 1.54) is 0 Å². The summed E-state index contributed by atoms with van der Waals surface area (Å²) in [5.74, 6) is 0. The molecule has 1 nitrogen and oxygen atoms in total. The van der Waals surface area contributed by atoms with Crippen LogP contribution < -0.4 is 0 Å². The molecule has 0 saturated carbocycles. The summed E-state index contributed by atoms with van der Waals surface area (Å²) >= 11 is 5.92. The highest BCUT2D eigenvalue weighted by Crippen LogP contribution is 2.66. The number of halogens is 2. The first-order valence-corrected chi connectivity index (χ1v) is 7.21. The summed E-state index contributed by atoms with van der Waals surface area (Å²) in [6, 6.07) is 0. The van der Waals surface area contributed by atoms with Crippen LogP contribution in [0.25, 0.3) is 0 Å². The molecule has 0 bridgehead atoms. The fraction of sp³-hybridized carbons (Fsp3) is 1.00. The van der Waals surface area contributed by atoms with Crippen LogP contribution >= 0.6 is 35.9 Å². The molecule has 0 radical (unpaired) electrons. The van der Waals surface area contributed by atoms with Gasteiger partial charge < -0.3 is 0 Å². The lowest BCUT2D eigenvalue weighted by atomic mass is 12.0. The molecule has 0 fully saturated rings. The third-order valence-electron chi connectivity index (χ3n) is 0. The first kappa shape index (κ1) is 6.35. The van der Waals surface area contributed by atoms with Crippen molar-refractivity contribution in [3.8, 4) is 0 Å². The Morgan fingerprint density at radius 3 is 1.60 bits per heavy atom. The van der Waals surface area contributed by atoms with Gasteiger partial charge in [0.1, 0.15) is 0 Å². The maximum Gasteiger partial charge on any atom is 0.274 e. The average Bonchev–Trinajstić information content (AvgIpc) is 0.722. The van der Waals surface area contributed by atoms with Crippen LogP contribution in [0.15, 0.2) is 0 Å². The molecule has 0 aliphatic rings. The second-order valence-electron chi connectivity index (χ2n) is 0.753. The van der Waals surface area contributed by atoms with Gasteiger partial charge in [-0.1, -0.05) is 0 Å². The second-order valence-corrected chi connectivity index (χ2v) is 13.4. The summed E-state index contributed by atoms with van der Waals surface area (Å²) in [6.07, 6.45) is 0. The van der Waals surface area contributed by atoms with Crippen molar-refractivity contribution < 1.29 is 4.89 Å². The lowest BCUT2D eigenvalue weighted by Gasteiger charge is -1.84. The maximum atomic E-state index is 8.47. The minimum Gasteiger partial charge on any atom is -0.229 e. The van der Waals surface area contributed by atoms with Crippen molar-refractivity contribution in [3.63, 3.8) is 0 Å². The Hall–Kier alpha value is 1.35. The van der Waals surface area contributed by atoms with E-state index in [9.17, 15) is 0 Å². The predicted octanol–water partition coefficient (Wildman–Crippen LogP) is 2.16. The SMILES string of the molecule is C[P+](O)(Br)Br. The van der Waals surface area contributed by atoms with E-state index in [2.05, 4.69) is 31.0 Å². The van der Waals surface area contributed by atoms with Crippen LogP contribution in [0.3, 0.4) is 0 Å². The van der Waals surface area contributed by atoms with Crippen molar-refractivity contribution in [1.29, 1.82) is 0 Å². The van der Waals surface area contributed by atoms with E-state index >= 15 is 0 Å². The Morgan fingerprint density at radius 1 is 1.60 bits per heavy atom. The normalized spacial score (nSPS) is 12.0. The van der Waals surface area contributed by atoms with E-state index in [-0.39, 0.29) is 0 Å². The zero-order valence-electron chi connectivity index (χ0n) is 2.65. The third-order valence-corrected chi connectivity index (χ3v) is 0. The molecule has 0 aliphatic heterocycles. The summed E-state index contributed by atoms with van der Waals surface area (Å²) in [5.41, 5.74) is 0. The average molecular weight is 223 g/mol. The first-order chi connectivity index (χ1) is 2.00. The maximum absolute atomic E-state index is 8.47. The Kier molecular flexibility index (Phi) is 2.38. The molecule has 0 aromatic rings. The molecular formula is CH4Br2OP+. The van der Waals surface area contributed by atoms with Crippen LogP contribution in [-0.4, -0.2) is 11.6 Å². The molecule has 1 N–H and O–H groups in total. The molecule has 4 heteroatoms. The van der Waals surface area contributed by atoms with E-state index in [0.717, 1.165) is 0 Å². The number of hydrogen-bond donors (Lipinski definition) is 1. The van der Waals surface area contributed by atoms with Gasteiger partial charge in [0.25, 0.3) is 4.89 Å². The molecule has 0 saturated heterocycles. The number of rotatable bonds is 0. The van der Waals surface area contributed by atoms with Gasteiger partial charge in [0.15, 0.2) is 31.0 Å². The van der Waals surface area contributed by atoms with Crippen LogP contribution in [0.1, 0.15) is 0 Å². The van der Waals surface area contributed by atoms with Crippen molar-refractivity contribution in [2.24, 2.45) is 0 Å². The third kappa shape index (κ3) is 32.9. The molecule has 0 aromatic carbocycles. The van der Waals surface area contributed by atoms with Gasteiger partial charge in [-0.15, -0.1) is 0 Å². The molecule has 0 amide bonds. The Morgan fingerprint density at radius 2 is 1.60 bits per heavy atom. The molecule has 5 heavy (non-hydrogen) atoms. The van der Waals surface area contributed by atoms with E-state index in [1.54, 1.807) is 6.66 Å². The van der Waals surface area contributed by atoms with Gasteiger partial charge in [-0.25, -0.2) is 4.89 Å². The Bertz CT molecular complexity index is 25.1. The molecule has 32 valence electrons. The van der Waals surface area contributed by atoms with Crippen LogP contribution in [-0.2, 0) is 0 Å². The highest BCUT2D eigenvalue weighted by Gasteiger charge is 2.18. The van der Waals surface area contributed by atoms with Gasteiger partial charge in [0.2, 0.25) is 0 Å². The zero-order valence-corrected chi connectivity index (χ0v) is 6.72. The molecular weight excluding hydrogens is 219 g/mol. The van der Waals surface area contributed by atoms with E-state index < -0.39 is 4.89 Å². The summed E-state index contributed by atoms with van der Waals surface area (Å²) in [7, 11) is 0. The summed E-state index contributed by atoms with van der Waals surface area (Å²) in [6.45, 7) is 1.69. The standard InChI is InChI=1S/CH4Br2OP/c1-5(2,3)4/h4H,1H3/q+1. The van der Waals surface area contributed by atoms with Crippen LogP contribution in [0.5, 0.6) is 0 Å². The minimum atomic E-state index is -1.76. The monoisotopic (exact) mass is 221 g/mol. The highest BCUT2D eigenvalue weighted by atomic mass is 79.9. The Balaban J connectivity index is 3.02. The molecule has 0 aromatic heterocycles. The zero-order chi connectivity index (χ0) is 4.50. The second kappa shape index (κ2) is 1.87. The molecule has 0 aliphatic carbocycles. The molecule has 0 atom stereocenters. The fourth-order valence-corrected chi connectivity index (χ4v) is 0. The molecule has 0 unspecified atom stereocenters. The number of hydrogen-bond acceptors (Lipinski definition) is 1. The largest absolute Gasteiger partial charge is 0.274 e. The molecule has 0 spiro atoms. The molecule has 0 rings (SSSR count). The van der Waals surface area contributed by atoms with Gasteiger partial charge in [0.05, 0.1) is 6.66 Å². The summed E-state index contributed by atoms with van der Waals surface area (Å²) < 4.78 is 0. The van der Waals surface area contributed by atoms with Crippen molar-refractivity contribution in [2.45, 2.75) is 0 Å². The summed E-state index contributed by atoms with van der Waals surface area (Å²) in [4.78, 5) is 6.70. The van der Waals surface area contributed by atoms with Gasteiger partial charge >= 0.3 is 0 Å². The van der Waals surface area contributed by atoms with Gasteiger partial charge in [-0.3, -0.25) is 0 Å². The lowest BCUT2D eigenvalue weighted by Crippen LogP contribution is -1.53. The van der Waals surface area contributed by atoms with Gasteiger partial charge in [-0.2, -0.15) is 0 Å². The predicted molar refractivity (Wildman–Crippen MR) is 32.9 cm³/mol. The minimum absolute atomic E-state index is 1.69. The fourth-order valence-electron chi connectivity index (χ4n) is 0. The topological polar surface area (TPSA) is 20.2 Å². The van der Waals surface area contributed by atoms with Crippen LogP contribution in [0.4, 0.5) is 0 Å². The van der Waals surface area contributed by atoms with Crippen LogP contribution in [0, 0.1) is 0 Å². The van der Waals surface area contributed by atoms with Crippen molar-refractivity contribution in [1.82, 2.24) is 0 Å². The van der Waals surface area contributed by atoms with Gasteiger partial charge in [0, 0.05) is 0 Å². The van der Waals surface area contributed by atoms with Crippen LogP contribution in [0.2, 0.25) is 0 Å². The lowest BCUT2D eigenvalue weighted by molar-refractivity contribution is 0.644. The quantitative estimate of drug-likeness (QED) is 0.623.